The van der Waals surface area contributed by atoms with Gasteiger partial charge in [0, 0.05) is 43.8 Å². The molecule has 1 fully saturated rings. The highest BCUT2D eigenvalue weighted by atomic mass is 32.1. The highest BCUT2D eigenvalue weighted by Gasteiger charge is 2.26. The minimum absolute atomic E-state index is 0.0576. The number of carbonyl (C=O) groups excluding carboxylic acids is 3. The third kappa shape index (κ3) is 9.17. The number of ketones is 2. The number of nitrogens with one attached hydrogen (secondary N) is 1. The lowest BCUT2D eigenvalue weighted by Crippen LogP contribution is -2.41. The third-order valence-corrected chi connectivity index (χ3v) is 9.22. The van der Waals surface area contributed by atoms with E-state index in [1.165, 1.54) is 18.4 Å². The maximum absolute atomic E-state index is 13.8. The number of hydrogen-bond donors (Lipinski definition) is 1. The molecule has 1 saturated heterocycles. The molecule has 1 aliphatic heterocycles. The van der Waals surface area contributed by atoms with E-state index < -0.39 is 5.92 Å². The molecular formula is C35H45N3O3S. The molecule has 1 aliphatic rings. The molecule has 6 nitrogen and oxygen atoms in total. The highest BCUT2D eigenvalue weighted by Crippen LogP contribution is 2.28. The van der Waals surface area contributed by atoms with E-state index in [0.717, 1.165) is 33.9 Å². The summed E-state index contributed by atoms with van der Waals surface area (Å²) in [7, 11) is 0. The van der Waals surface area contributed by atoms with E-state index in [1.807, 2.05) is 43.3 Å². The van der Waals surface area contributed by atoms with Crippen molar-refractivity contribution in [2.75, 3.05) is 19.6 Å². The lowest BCUT2D eigenvalue weighted by Gasteiger charge is -2.23. The van der Waals surface area contributed by atoms with Crippen molar-refractivity contribution in [3.63, 3.8) is 0 Å². The molecule has 7 heteroatoms. The van der Waals surface area contributed by atoms with E-state index in [2.05, 4.69) is 42.8 Å². The molecule has 0 unspecified atom stereocenters. The van der Waals surface area contributed by atoms with Gasteiger partial charge in [0.25, 0.3) is 0 Å². The molecule has 2 atom stereocenters. The van der Waals surface area contributed by atoms with Gasteiger partial charge >= 0.3 is 0 Å². The summed E-state index contributed by atoms with van der Waals surface area (Å²) in [6, 6.07) is 16.1. The summed E-state index contributed by atoms with van der Waals surface area (Å²) >= 11 is 1.60. The summed E-state index contributed by atoms with van der Waals surface area (Å²) in [5.74, 6) is -0.120. The molecule has 0 radical (unpaired) electrons. The number of carbonyl (C=O) groups is 3. The van der Waals surface area contributed by atoms with Crippen LogP contribution < -0.4 is 5.32 Å². The van der Waals surface area contributed by atoms with Crippen molar-refractivity contribution in [1.82, 2.24) is 15.2 Å². The molecule has 2 heterocycles. The van der Waals surface area contributed by atoms with Gasteiger partial charge in [-0.05, 0) is 68.0 Å². The predicted molar refractivity (Wildman–Crippen MR) is 172 cm³/mol. The number of aromatic nitrogens is 1. The van der Waals surface area contributed by atoms with Crippen molar-refractivity contribution in [2.45, 2.75) is 84.1 Å². The monoisotopic (exact) mass is 587 g/mol. The topological polar surface area (TPSA) is 79.4 Å². The van der Waals surface area contributed by atoms with Gasteiger partial charge in [-0.1, -0.05) is 63.7 Å². The zero-order valence-electron chi connectivity index (χ0n) is 25.4. The number of rotatable bonds is 16. The molecule has 3 aromatic rings. The van der Waals surface area contributed by atoms with Crippen LogP contribution in [0.15, 0.2) is 60.7 Å². The fraction of sp³-hybridized carbons (Fsp3) is 0.486. The largest absolute Gasteiger partial charge is 0.353 e. The first kappa shape index (κ1) is 31.8. The minimum Gasteiger partial charge on any atom is -0.353 e. The number of nitrogens with zero attached hydrogens (tertiary/aromatic N) is 2. The second-order valence-electron chi connectivity index (χ2n) is 11.9. The molecule has 42 heavy (non-hydrogen) atoms. The van der Waals surface area contributed by atoms with E-state index in [-0.39, 0.29) is 29.9 Å². The zero-order valence-corrected chi connectivity index (χ0v) is 26.2. The van der Waals surface area contributed by atoms with Crippen LogP contribution in [0.2, 0.25) is 0 Å². The van der Waals surface area contributed by atoms with Crippen molar-refractivity contribution in [3.8, 4) is 0 Å². The molecule has 224 valence electrons. The number of hydrogen-bond acceptors (Lipinski definition) is 6. The summed E-state index contributed by atoms with van der Waals surface area (Å²) in [5.41, 5.74) is 3.92. The molecule has 1 N–H and O–H groups in total. The second kappa shape index (κ2) is 15.4. The van der Waals surface area contributed by atoms with Gasteiger partial charge in [-0.3, -0.25) is 19.3 Å². The number of benzene rings is 2. The van der Waals surface area contributed by atoms with Crippen LogP contribution in [0.1, 0.15) is 81.3 Å². The van der Waals surface area contributed by atoms with Crippen molar-refractivity contribution in [2.24, 2.45) is 5.92 Å². The Morgan fingerprint density at radius 3 is 2.48 bits per heavy atom. The average Bonchev–Trinajstić information content (AvgIpc) is 3.64. The Morgan fingerprint density at radius 1 is 1.05 bits per heavy atom. The molecule has 4 rings (SSSR count). The maximum Gasteiger partial charge on any atom is 0.224 e. The molecule has 0 spiro atoms. The SMILES string of the molecule is C=C(CN1CCCC1)C(=O)CC[C@H](Cc1ccccc1)NC(=O)[C@@H](CC(=O)CC)Cc1nc2ccc(C(C)C)cc2s1. The van der Waals surface area contributed by atoms with Crippen molar-refractivity contribution < 1.29 is 14.4 Å². The number of likely N-dealkylation sites (tertiary alicyclic amines) is 1. The van der Waals surface area contributed by atoms with Gasteiger partial charge in [0.05, 0.1) is 21.1 Å². The summed E-state index contributed by atoms with van der Waals surface area (Å²) in [6.45, 7) is 12.9. The molecule has 2 aromatic carbocycles. The van der Waals surface area contributed by atoms with E-state index >= 15 is 0 Å². The number of fused-ring (bicyclic) bond motifs is 1. The number of thiazole rings is 1. The first-order valence-electron chi connectivity index (χ1n) is 15.4. The molecule has 0 aliphatic carbocycles. The third-order valence-electron chi connectivity index (χ3n) is 8.18. The fourth-order valence-electron chi connectivity index (χ4n) is 5.55. The van der Waals surface area contributed by atoms with E-state index in [4.69, 9.17) is 4.98 Å². The lowest BCUT2D eigenvalue weighted by molar-refractivity contribution is -0.130. The Hall–Kier alpha value is -3.16. The number of Topliss-reactive ketones (excluding diaryl/α,β-unsaturated/α-hetero) is 2. The first-order chi connectivity index (χ1) is 20.2. The summed E-state index contributed by atoms with van der Waals surface area (Å²) in [5, 5.41) is 4.10. The van der Waals surface area contributed by atoms with Crippen molar-refractivity contribution >= 4 is 39.0 Å². The zero-order chi connectivity index (χ0) is 30.1. The Balaban J connectivity index is 1.46. The Kier molecular flexibility index (Phi) is 11.6. The van der Waals surface area contributed by atoms with Crippen LogP contribution in [0, 0.1) is 5.92 Å². The van der Waals surface area contributed by atoms with Gasteiger partial charge in [-0.2, -0.15) is 0 Å². The smallest absolute Gasteiger partial charge is 0.224 e. The van der Waals surface area contributed by atoms with Crippen LogP contribution in [-0.2, 0) is 27.2 Å². The Labute approximate surface area is 254 Å². The summed E-state index contributed by atoms with van der Waals surface area (Å²) in [6.07, 6.45) is 4.80. The first-order valence-corrected chi connectivity index (χ1v) is 16.2. The second-order valence-corrected chi connectivity index (χ2v) is 13.0. The molecule has 0 saturated carbocycles. The lowest BCUT2D eigenvalue weighted by atomic mass is 9.94. The van der Waals surface area contributed by atoms with Gasteiger partial charge in [-0.25, -0.2) is 4.98 Å². The van der Waals surface area contributed by atoms with Crippen molar-refractivity contribution in [1.29, 1.82) is 0 Å². The summed E-state index contributed by atoms with van der Waals surface area (Å²) < 4.78 is 1.10. The standard InChI is InChI=1S/C35H45N3O3S/c1-5-30(39)20-28(22-34-37-31-15-13-27(24(2)3)21-33(31)42-34)35(41)36-29(19-26-11-7-6-8-12-26)14-16-32(40)25(4)23-38-17-9-10-18-38/h6-8,11-13,15,21,24,28-29H,4-5,9-10,14,16-20,22-23H2,1-3H3,(H,36,41)/t28-,29+/m0/s1. The van der Waals surface area contributed by atoms with Gasteiger partial charge in [0.15, 0.2) is 5.78 Å². The van der Waals surface area contributed by atoms with E-state index in [0.29, 0.717) is 50.1 Å². The quantitative estimate of drug-likeness (QED) is 0.189. The maximum atomic E-state index is 13.8. The molecule has 0 bridgehead atoms. The van der Waals surface area contributed by atoms with Crippen LogP contribution in [0.25, 0.3) is 10.2 Å². The van der Waals surface area contributed by atoms with Gasteiger partial charge in [-0.15, -0.1) is 11.3 Å². The molecule has 1 aromatic heterocycles. The van der Waals surface area contributed by atoms with Gasteiger partial charge < -0.3 is 5.32 Å². The molecular weight excluding hydrogens is 542 g/mol. The van der Waals surface area contributed by atoms with Crippen LogP contribution in [0.3, 0.4) is 0 Å². The van der Waals surface area contributed by atoms with E-state index in [9.17, 15) is 14.4 Å². The van der Waals surface area contributed by atoms with Gasteiger partial charge in [0.1, 0.15) is 5.78 Å². The predicted octanol–water partition coefficient (Wildman–Crippen LogP) is 6.68. The normalized spacial score (nSPS) is 15.1. The average molecular weight is 588 g/mol. The van der Waals surface area contributed by atoms with Crippen LogP contribution in [-0.4, -0.2) is 53.0 Å². The van der Waals surface area contributed by atoms with Crippen LogP contribution in [0.4, 0.5) is 0 Å². The van der Waals surface area contributed by atoms with E-state index in [1.54, 1.807) is 11.3 Å². The van der Waals surface area contributed by atoms with Crippen molar-refractivity contribution in [3.05, 3.63) is 76.8 Å². The summed E-state index contributed by atoms with van der Waals surface area (Å²) in [4.78, 5) is 46.4. The van der Waals surface area contributed by atoms with Crippen LogP contribution >= 0.6 is 11.3 Å². The van der Waals surface area contributed by atoms with Gasteiger partial charge in [0.2, 0.25) is 5.91 Å². The van der Waals surface area contributed by atoms with Crippen LogP contribution in [0.5, 0.6) is 0 Å². The Bertz CT molecular complexity index is 1370. The molecule has 1 amide bonds. The minimum atomic E-state index is -0.512. The number of amides is 1. The highest BCUT2D eigenvalue weighted by molar-refractivity contribution is 7.18. The Morgan fingerprint density at radius 2 is 1.79 bits per heavy atom. The fourth-order valence-corrected chi connectivity index (χ4v) is 6.64.